The summed E-state index contributed by atoms with van der Waals surface area (Å²) in [6.45, 7) is 0. The highest BCUT2D eigenvalue weighted by Crippen LogP contribution is 2.22. The minimum atomic E-state index is -1.04. The van der Waals surface area contributed by atoms with Crippen LogP contribution in [0.1, 0.15) is 25.7 Å². The maximum absolute atomic E-state index is 10.6. The zero-order valence-corrected chi connectivity index (χ0v) is 7.71. The van der Waals surface area contributed by atoms with Gasteiger partial charge in [-0.3, -0.25) is 4.99 Å². The summed E-state index contributed by atoms with van der Waals surface area (Å²) in [4.78, 5) is 14.7. The Morgan fingerprint density at radius 1 is 1.46 bits per heavy atom. The van der Waals surface area contributed by atoms with E-state index in [4.69, 9.17) is 10.8 Å². The molecule has 1 aliphatic carbocycles. The van der Waals surface area contributed by atoms with Crippen LogP contribution in [-0.2, 0) is 4.79 Å². The van der Waals surface area contributed by atoms with Gasteiger partial charge >= 0.3 is 5.97 Å². The lowest BCUT2D eigenvalue weighted by molar-refractivity contribution is -0.132. The van der Waals surface area contributed by atoms with Crippen molar-refractivity contribution in [1.82, 2.24) is 0 Å². The van der Waals surface area contributed by atoms with Crippen LogP contribution in [0.15, 0.2) is 16.3 Å². The van der Waals surface area contributed by atoms with Crippen LogP contribution in [-0.4, -0.2) is 23.8 Å². The van der Waals surface area contributed by atoms with Crippen molar-refractivity contribution in [1.29, 1.82) is 0 Å². The molecule has 0 spiro atoms. The standard InChI is InChI=1S/C9H14N2O2/c1-11-7-5-3-2-4-6(7)8(10)9(12)13/h2-5,10H2,1H3,(H,12,13)/b8-6-,11-7?. The van der Waals surface area contributed by atoms with Gasteiger partial charge < -0.3 is 10.8 Å². The highest BCUT2D eigenvalue weighted by molar-refractivity contribution is 6.06. The van der Waals surface area contributed by atoms with Crippen molar-refractivity contribution in [2.45, 2.75) is 25.7 Å². The van der Waals surface area contributed by atoms with Crippen LogP contribution in [0.5, 0.6) is 0 Å². The zero-order valence-electron chi connectivity index (χ0n) is 7.71. The largest absolute Gasteiger partial charge is 0.477 e. The Morgan fingerprint density at radius 3 is 2.62 bits per heavy atom. The number of aliphatic imine (C=N–C) groups is 1. The maximum atomic E-state index is 10.6. The Hall–Kier alpha value is -1.32. The molecule has 4 heteroatoms. The SMILES string of the molecule is CN=C1CCCC/C1=C(/N)C(=O)O. The van der Waals surface area contributed by atoms with Gasteiger partial charge in [0.2, 0.25) is 0 Å². The zero-order chi connectivity index (χ0) is 9.84. The van der Waals surface area contributed by atoms with Crippen LogP contribution < -0.4 is 5.73 Å². The number of carboxylic acid groups (broad SMARTS) is 1. The van der Waals surface area contributed by atoms with Crippen molar-refractivity contribution >= 4 is 11.7 Å². The Labute approximate surface area is 77.2 Å². The summed E-state index contributed by atoms with van der Waals surface area (Å²) in [7, 11) is 1.68. The number of aliphatic carboxylic acids is 1. The molecule has 0 atom stereocenters. The van der Waals surface area contributed by atoms with Crippen LogP contribution >= 0.6 is 0 Å². The fraction of sp³-hybridized carbons (Fsp3) is 0.556. The van der Waals surface area contributed by atoms with Crippen LogP contribution in [0, 0.1) is 0 Å². The van der Waals surface area contributed by atoms with Gasteiger partial charge in [-0.1, -0.05) is 0 Å². The van der Waals surface area contributed by atoms with E-state index in [9.17, 15) is 4.79 Å². The molecule has 0 bridgehead atoms. The van der Waals surface area contributed by atoms with Gasteiger partial charge in [-0.2, -0.15) is 0 Å². The molecule has 0 radical (unpaired) electrons. The summed E-state index contributed by atoms with van der Waals surface area (Å²) >= 11 is 0. The Morgan fingerprint density at radius 2 is 2.08 bits per heavy atom. The topological polar surface area (TPSA) is 75.7 Å². The fourth-order valence-corrected chi connectivity index (χ4v) is 1.56. The van der Waals surface area contributed by atoms with Gasteiger partial charge in [-0.05, 0) is 25.7 Å². The van der Waals surface area contributed by atoms with Gasteiger partial charge in [0, 0.05) is 18.3 Å². The predicted molar refractivity (Wildman–Crippen MR) is 50.7 cm³/mol. The molecule has 1 saturated carbocycles. The van der Waals surface area contributed by atoms with E-state index < -0.39 is 5.97 Å². The van der Waals surface area contributed by atoms with Crippen LogP contribution in [0.3, 0.4) is 0 Å². The van der Waals surface area contributed by atoms with E-state index in [0.717, 1.165) is 37.0 Å². The molecular weight excluding hydrogens is 168 g/mol. The van der Waals surface area contributed by atoms with Gasteiger partial charge in [0.1, 0.15) is 5.70 Å². The number of carboxylic acids is 1. The Bertz CT molecular complexity index is 279. The first-order chi connectivity index (χ1) is 6.16. The molecule has 0 aromatic rings. The molecule has 0 aromatic carbocycles. The number of rotatable bonds is 1. The Balaban J connectivity index is 2.99. The van der Waals surface area contributed by atoms with E-state index in [1.807, 2.05) is 0 Å². The van der Waals surface area contributed by atoms with Gasteiger partial charge in [-0.25, -0.2) is 4.79 Å². The van der Waals surface area contributed by atoms with Gasteiger partial charge in [0.05, 0.1) is 0 Å². The normalized spacial score (nSPS) is 24.5. The first kappa shape index (κ1) is 9.77. The quantitative estimate of drug-likeness (QED) is 0.592. The van der Waals surface area contributed by atoms with E-state index in [1.54, 1.807) is 7.05 Å². The molecule has 1 fully saturated rings. The molecule has 13 heavy (non-hydrogen) atoms. The number of carbonyl (C=O) groups is 1. The molecule has 0 aliphatic heterocycles. The molecule has 72 valence electrons. The number of hydrogen-bond acceptors (Lipinski definition) is 3. The average Bonchev–Trinajstić information content (AvgIpc) is 2.16. The van der Waals surface area contributed by atoms with Crippen LogP contribution in [0.2, 0.25) is 0 Å². The second-order valence-corrected chi connectivity index (χ2v) is 3.07. The highest BCUT2D eigenvalue weighted by atomic mass is 16.4. The smallest absolute Gasteiger partial charge is 0.352 e. The Kier molecular flexibility index (Phi) is 3.06. The summed E-state index contributed by atoms with van der Waals surface area (Å²) in [5.41, 5.74) is 6.99. The molecule has 1 rings (SSSR count). The first-order valence-corrected chi connectivity index (χ1v) is 4.34. The highest BCUT2D eigenvalue weighted by Gasteiger charge is 2.18. The summed E-state index contributed by atoms with van der Waals surface area (Å²) < 4.78 is 0. The predicted octanol–water partition coefficient (Wildman–Crippen LogP) is 0.929. The second-order valence-electron chi connectivity index (χ2n) is 3.07. The molecule has 0 aromatic heterocycles. The van der Waals surface area contributed by atoms with Crippen molar-refractivity contribution in [3.8, 4) is 0 Å². The fourth-order valence-electron chi connectivity index (χ4n) is 1.56. The van der Waals surface area contributed by atoms with Gasteiger partial charge in [-0.15, -0.1) is 0 Å². The lowest BCUT2D eigenvalue weighted by Gasteiger charge is -2.17. The average molecular weight is 182 g/mol. The van der Waals surface area contributed by atoms with E-state index >= 15 is 0 Å². The van der Waals surface area contributed by atoms with E-state index in [0.29, 0.717) is 0 Å². The van der Waals surface area contributed by atoms with Crippen LogP contribution in [0.25, 0.3) is 0 Å². The first-order valence-electron chi connectivity index (χ1n) is 4.34. The number of nitrogens with two attached hydrogens (primary N) is 1. The van der Waals surface area contributed by atoms with Crippen molar-refractivity contribution in [3.05, 3.63) is 11.3 Å². The summed E-state index contributed by atoms with van der Waals surface area (Å²) in [5.74, 6) is -1.04. The van der Waals surface area contributed by atoms with Gasteiger partial charge in [0.25, 0.3) is 0 Å². The number of allylic oxidation sites excluding steroid dienone is 1. The second kappa shape index (κ2) is 4.07. The summed E-state index contributed by atoms with van der Waals surface area (Å²) in [6.07, 6.45) is 3.66. The lowest BCUT2D eigenvalue weighted by atomic mass is 9.91. The van der Waals surface area contributed by atoms with Gasteiger partial charge in [0.15, 0.2) is 0 Å². The molecule has 1 aliphatic rings. The molecular formula is C9H14N2O2. The molecule has 4 nitrogen and oxygen atoms in total. The van der Waals surface area contributed by atoms with Crippen LogP contribution in [0.4, 0.5) is 0 Å². The van der Waals surface area contributed by atoms with Crippen molar-refractivity contribution in [2.24, 2.45) is 10.7 Å². The third-order valence-corrected chi connectivity index (χ3v) is 2.26. The number of nitrogens with zero attached hydrogens (tertiary/aromatic N) is 1. The van der Waals surface area contributed by atoms with Crippen molar-refractivity contribution in [3.63, 3.8) is 0 Å². The third-order valence-electron chi connectivity index (χ3n) is 2.26. The number of hydrogen-bond donors (Lipinski definition) is 2. The van der Waals surface area contributed by atoms with E-state index in [1.165, 1.54) is 0 Å². The summed E-state index contributed by atoms with van der Waals surface area (Å²) in [5, 5.41) is 8.71. The van der Waals surface area contributed by atoms with E-state index in [2.05, 4.69) is 4.99 Å². The van der Waals surface area contributed by atoms with Crippen molar-refractivity contribution in [2.75, 3.05) is 7.05 Å². The lowest BCUT2D eigenvalue weighted by Crippen LogP contribution is -2.20. The third kappa shape index (κ3) is 2.08. The molecule has 0 unspecified atom stereocenters. The minimum Gasteiger partial charge on any atom is -0.477 e. The summed E-state index contributed by atoms with van der Waals surface area (Å²) in [6, 6.07) is 0. The molecule has 0 saturated heterocycles. The van der Waals surface area contributed by atoms with E-state index in [-0.39, 0.29) is 5.70 Å². The minimum absolute atomic E-state index is 0.0414. The maximum Gasteiger partial charge on any atom is 0.352 e. The molecule has 0 heterocycles. The molecule has 3 N–H and O–H groups in total. The monoisotopic (exact) mass is 182 g/mol. The van der Waals surface area contributed by atoms with Crippen molar-refractivity contribution < 1.29 is 9.90 Å². The molecule has 0 amide bonds.